The molecular weight excluding hydrogens is 460 g/mol. The van der Waals surface area contributed by atoms with E-state index in [1.165, 1.54) is 37.7 Å². The molecule has 1 amide bonds. The van der Waals surface area contributed by atoms with E-state index in [4.69, 9.17) is 27.9 Å². The summed E-state index contributed by atoms with van der Waals surface area (Å²) in [5, 5.41) is 3.00. The number of hydrogen-bond acceptors (Lipinski definition) is 5. The standard InChI is InChI=1S/C21H16Cl2FN5O3/c1-32-21(31)16(7-11-8-25-9-26-11)28-20(30)10-5-13(23)18-15(6-10)27-19(29-18)17-12(22)3-2-4-14(17)24/h2-6,8-9,16H,7H2,1H3,(H,25,26)(H,27,29)(H,28,30). The van der Waals surface area contributed by atoms with Crippen LogP contribution in [0.25, 0.3) is 22.4 Å². The van der Waals surface area contributed by atoms with Gasteiger partial charge in [0.2, 0.25) is 0 Å². The molecule has 2 aromatic heterocycles. The van der Waals surface area contributed by atoms with E-state index in [1.54, 1.807) is 12.3 Å². The third-order valence-electron chi connectivity index (χ3n) is 4.77. The molecule has 0 spiro atoms. The van der Waals surface area contributed by atoms with Crippen molar-refractivity contribution in [2.24, 2.45) is 0 Å². The van der Waals surface area contributed by atoms with Gasteiger partial charge in [-0.1, -0.05) is 29.3 Å². The largest absolute Gasteiger partial charge is 0.467 e. The number of rotatable bonds is 6. The zero-order valence-electron chi connectivity index (χ0n) is 16.6. The summed E-state index contributed by atoms with van der Waals surface area (Å²) in [6.07, 6.45) is 3.22. The number of imidazole rings is 2. The minimum absolute atomic E-state index is 0.0946. The highest BCUT2D eigenvalue weighted by Gasteiger charge is 2.24. The Balaban J connectivity index is 1.65. The number of nitrogens with one attached hydrogen (secondary N) is 3. The molecule has 11 heteroatoms. The number of methoxy groups -OCH3 is 1. The highest BCUT2D eigenvalue weighted by molar-refractivity contribution is 6.35. The number of carbonyl (C=O) groups excluding carboxylic acids is 2. The lowest BCUT2D eigenvalue weighted by Crippen LogP contribution is -2.43. The van der Waals surface area contributed by atoms with Crippen LogP contribution in [0.4, 0.5) is 4.39 Å². The molecule has 0 bridgehead atoms. The van der Waals surface area contributed by atoms with Crippen LogP contribution in [0.2, 0.25) is 10.0 Å². The summed E-state index contributed by atoms with van der Waals surface area (Å²) in [6, 6.07) is 6.24. The van der Waals surface area contributed by atoms with Gasteiger partial charge in [0.25, 0.3) is 5.91 Å². The van der Waals surface area contributed by atoms with E-state index in [0.717, 1.165) is 0 Å². The number of H-pyrrole nitrogens is 2. The monoisotopic (exact) mass is 475 g/mol. The van der Waals surface area contributed by atoms with Gasteiger partial charge >= 0.3 is 5.97 Å². The SMILES string of the molecule is COC(=O)C(Cc1c[nH]cn1)NC(=O)c1cc(Cl)c2[nH]c(-c3c(F)cccc3Cl)nc2c1. The fourth-order valence-electron chi connectivity index (χ4n) is 3.23. The van der Waals surface area contributed by atoms with E-state index in [9.17, 15) is 14.0 Å². The van der Waals surface area contributed by atoms with E-state index in [0.29, 0.717) is 16.7 Å². The average Bonchev–Trinajstić information content (AvgIpc) is 3.42. The fourth-order valence-corrected chi connectivity index (χ4v) is 3.75. The normalized spacial score (nSPS) is 12.0. The number of benzene rings is 2. The molecular formula is C21H16Cl2FN5O3. The number of aromatic nitrogens is 4. The third kappa shape index (κ3) is 4.30. The van der Waals surface area contributed by atoms with Gasteiger partial charge < -0.3 is 20.0 Å². The molecule has 3 N–H and O–H groups in total. The van der Waals surface area contributed by atoms with Crippen molar-refractivity contribution >= 4 is 46.1 Å². The molecule has 0 aliphatic carbocycles. The van der Waals surface area contributed by atoms with Crippen LogP contribution in [-0.4, -0.2) is 45.0 Å². The minimum Gasteiger partial charge on any atom is -0.467 e. The van der Waals surface area contributed by atoms with E-state index < -0.39 is 23.7 Å². The summed E-state index contributed by atoms with van der Waals surface area (Å²) in [5.74, 6) is -1.56. The molecule has 2 aromatic carbocycles. The van der Waals surface area contributed by atoms with Crippen LogP contribution in [0.5, 0.6) is 0 Å². The maximum absolute atomic E-state index is 14.3. The van der Waals surface area contributed by atoms with Gasteiger partial charge in [-0.2, -0.15) is 0 Å². The number of esters is 1. The molecule has 0 aliphatic rings. The Hall–Kier alpha value is -3.43. The second-order valence-corrected chi connectivity index (χ2v) is 7.66. The Morgan fingerprint density at radius 2 is 2.06 bits per heavy atom. The molecule has 4 aromatic rings. The number of aromatic amines is 2. The van der Waals surface area contributed by atoms with Crippen molar-refractivity contribution in [3.63, 3.8) is 0 Å². The van der Waals surface area contributed by atoms with Crippen LogP contribution >= 0.6 is 23.2 Å². The van der Waals surface area contributed by atoms with Crippen LogP contribution < -0.4 is 5.32 Å². The van der Waals surface area contributed by atoms with Gasteiger partial charge in [0.05, 0.1) is 45.8 Å². The molecule has 1 atom stereocenters. The van der Waals surface area contributed by atoms with Crippen LogP contribution in [0, 0.1) is 5.82 Å². The lowest BCUT2D eigenvalue weighted by atomic mass is 10.1. The maximum atomic E-state index is 14.3. The summed E-state index contributed by atoms with van der Waals surface area (Å²) in [4.78, 5) is 39.1. The number of fused-ring (bicyclic) bond motifs is 1. The van der Waals surface area contributed by atoms with Crippen molar-refractivity contribution in [3.8, 4) is 11.4 Å². The Labute approximate surface area is 191 Å². The Bertz CT molecular complexity index is 1290. The topological polar surface area (TPSA) is 113 Å². The number of nitrogens with zero attached hydrogens (tertiary/aromatic N) is 2. The fraction of sp³-hybridized carbons (Fsp3) is 0.143. The number of hydrogen-bond donors (Lipinski definition) is 3. The van der Waals surface area contributed by atoms with Crippen molar-refractivity contribution in [1.29, 1.82) is 0 Å². The number of ether oxygens (including phenoxy) is 1. The summed E-state index contributed by atoms with van der Waals surface area (Å²) in [7, 11) is 1.23. The van der Waals surface area contributed by atoms with Gasteiger partial charge in [-0.25, -0.2) is 19.2 Å². The lowest BCUT2D eigenvalue weighted by molar-refractivity contribution is -0.142. The first-order valence-corrected chi connectivity index (χ1v) is 10.1. The van der Waals surface area contributed by atoms with E-state index >= 15 is 0 Å². The highest BCUT2D eigenvalue weighted by Crippen LogP contribution is 2.32. The molecule has 8 nitrogen and oxygen atoms in total. The Morgan fingerprint density at radius 1 is 1.25 bits per heavy atom. The first-order valence-electron chi connectivity index (χ1n) is 9.37. The van der Waals surface area contributed by atoms with Crippen molar-refractivity contribution in [2.45, 2.75) is 12.5 Å². The average molecular weight is 476 g/mol. The quantitative estimate of drug-likeness (QED) is 0.366. The van der Waals surface area contributed by atoms with Gasteiger partial charge in [-0.15, -0.1) is 0 Å². The zero-order valence-corrected chi connectivity index (χ0v) is 18.1. The Morgan fingerprint density at radius 3 is 2.75 bits per heavy atom. The maximum Gasteiger partial charge on any atom is 0.328 e. The summed E-state index contributed by atoms with van der Waals surface area (Å²) >= 11 is 12.5. The van der Waals surface area contributed by atoms with Gasteiger partial charge in [-0.3, -0.25) is 4.79 Å². The smallest absolute Gasteiger partial charge is 0.328 e. The van der Waals surface area contributed by atoms with Crippen LogP contribution in [0.1, 0.15) is 16.1 Å². The van der Waals surface area contributed by atoms with E-state index in [1.807, 2.05) is 0 Å². The molecule has 164 valence electrons. The minimum atomic E-state index is -0.961. The lowest BCUT2D eigenvalue weighted by Gasteiger charge is -2.15. The Kier molecular flexibility index (Phi) is 6.11. The first-order chi connectivity index (χ1) is 15.4. The molecule has 0 fully saturated rings. The number of halogens is 3. The molecule has 1 unspecified atom stereocenters. The predicted octanol–water partition coefficient (Wildman–Crippen LogP) is 3.91. The number of amides is 1. The highest BCUT2D eigenvalue weighted by atomic mass is 35.5. The molecule has 0 saturated carbocycles. The molecule has 0 radical (unpaired) electrons. The number of carbonyl (C=O) groups is 2. The van der Waals surface area contributed by atoms with Gasteiger partial charge in [0.1, 0.15) is 17.7 Å². The van der Waals surface area contributed by atoms with Gasteiger partial charge in [0, 0.05) is 18.2 Å². The molecule has 0 saturated heterocycles. The van der Waals surface area contributed by atoms with Crippen molar-refractivity contribution in [2.75, 3.05) is 7.11 Å². The van der Waals surface area contributed by atoms with Gasteiger partial charge in [0.15, 0.2) is 0 Å². The van der Waals surface area contributed by atoms with Crippen LogP contribution in [0.15, 0.2) is 42.9 Å². The second kappa shape index (κ2) is 8.97. The third-order valence-corrected chi connectivity index (χ3v) is 5.38. The zero-order chi connectivity index (χ0) is 22.8. The summed E-state index contributed by atoms with van der Waals surface area (Å²) in [5.41, 5.74) is 1.58. The second-order valence-electron chi connectivity index (χ2n) is 6.85. The van der Waals surface area contributed by atoms with Crippen LogP contribution in [-0.2, 0) is 16.0 Å². The van der Waals surface area contributed by atoms with Gasteiger partial charge in [-0.05, 0) is 24.3 Å². The van der Waals surface area contributed by atoms with Crippen molar-refractivity contribution < 1.29 is 18.7 Å². The van der Waals surface area contributed by atoms with E-state index in [2.05, 4.69) is 25.3 Å². The predicted molar refractivity (Wildman–Crippen MR) is 117 cm³/mol. The summed E-state index contributed by atoms with van der Waals surface area (Å²) in [6.45, 7) is 0. The van der Waals surface area contributed by atoms with Crippen molar-refractivity contribution in [1.82, 2.24) is 25.3 Å². The molecule has 4 rings (SSSR count). The molecule has 32 heavy (non-hydrogen) atoms. The molecule has 2 heterocycles. The van der Waals surface area contributed by atoms with Crippen molar-refractivity contribution in [3.05, 3.63) is 70.0 Å². The van der Waals surface area contributed by atoms with E-state index in [-0.39, 0.29) is 33.4 Å². The summed E-state index contributed by atoms with van der Waals surface area (Å²) < 4.78 is 19.1. The molecule has 0 aliphatic heterocycles. The van der Waals surface area contributed by atoms with Crippen LogP contribution in [0.3, 0.4) is 0 Å². The first kappa shape index (κ1) is 21.8.